The van der Waals surface area contributed by atoms with Gasteiger partial charge in [-0.05, 0) is 30.4 Å². The lowest BCUT2D eigenvalue weighted by atomic mass is 10.2. The normalized spacial score (nSPS) is 24.2. The quantitative estimate of drug-likeness (QED) is 0.0778. The summed E-state index contributed by atoms with van der Waals surface area (Å²) >= 11 is 0. The summed E-state index contributed by atoms with van der Waals surface area (Å²) in [4.78, 5) is 26.8. The van der Waals surface area contributed by atoms with Gasteiger partial charge in [-0.1, -0.05) is 60.7 Å². The van der Waals surface area contributed by atoms with E-state index in [1.54, 1.807) is 75.2 Å². The van der Waals surface area contributed by atoms with Crippen LogP contribution in [0.15, 0.2) is 60.7 Å². The molecule has 3 fully saturated rings. The molecule has 0 aromatic heterocycles. The minimum absolute atomic E-state index is 0.0302. The van der Waals surface area contributed by atoms with Crippen LogP contribution in [0.3, 0.4) is 0 Å². The van der Waals surface area contributed by atoms with Crippen molar-refractivity contribution in [2.75, 3.05) is 79.8 Å². The second-order valence-electron chi connectivity index (χ2n) is 17.4. The molecular formula is C38H68O24P8. The van der Waals surface area contributed by atoms with E-state index < -0.39 is 85.5 Å². The number of rotatable bonds is 25. The van der Waals surface area contributed by atoms with Crippen LogP contribution in [0, 0.1) is 0 Å². The van der Waals surface area contributed by atoms with Crippen LogP contribution in [-0.4, -0.2) is 132 Å². The number of ether oxygens (including phenoxy) is 3. The molecule has 3 saturated heterocycles. The molecular weight excluding hydrogens is 1090 g/mol. The van der Waals surface area contributed by atoms with Crippen LogP contribution in [0.1, 0.15) is 49.7 Å². The second-order valence-corrected chi connectivity index (χ2v) is 35.0. The average molecular weight is 1160 g/mol. The summed E-state index contributed by atoms with van der Waals surface area (Å²) in [5, 5.41) is 0. The molecule has 70 heavy (non-hydrogen) atoms. The van der Waals surface area contributed by atoms with Crippen LogP contribution in [0.5, 0.6) is 0 Å². The maximum absolute atomic E-state index is 13.2. The van der Waals surface area contributed by atoms with E-state index in [1.165, 1.54) is 33.3 Å². The molecule has 0 saturated carbocycles. The number of hydrogen-bond acceptors (Lipinski definition) is 21. The molecule has 3 heterocycles. The molecule has 2 aromatic rings. The first-order chi connectivity index (χ1) is 32.0. The summed E-state index contributed by atoms with van der Waals surface area (Å²) in [7, 11) is -28.2. The predicted molar refractivity (Wildman–Crippen MR) is 260 cm³/mol. The second kappa shape index (κ2) is 28.1. The Kier molecular flexibility index (Phi) is 25.7. The summed E-state index contributed by atoms with van der Waals surface area (Å²) in [6.45, 7) is 13.5. The smallest absolute Gasteiger partial charge is 0.347 e. The highest BCUT2D eigenvalue weighted by Crippen LogP contribution is 2.60. The summed E-state index contributed by atoms with van der Waals surface area (Å²) in [5.41, 5.74) is 1.51. The lowest BCUT2D eigenvalue weighted by Crippen LogP contribution is -2.18. The van der Waals surface area contributed by atoms with Gasteiger partial charge in [0.15, 0.2) is 41.0 Å². The van der Waals surface area contributed by atoms with Gasteiger partial charge in [-0.3, -0.25) is 54.3 Å². The fraction of sp³-hybridized carbons (Fsp3) is 0.684. The summed E-state index contributed by atoms with van der Waals surface area (Å²) < 4.78 is 160. The van der Waals surface area contributed by atoms with Gasteiger partial charge in [0.05, 0.1) is 51.3 Å². The van der Waals surface area contributed by atoms with Crippen LogP contribution in [0.4, 0.5) is 0 Å². The van der Waals surface area contributed by atoms with Crippen molar-refractivity contribution in [3.63, 3.8) is 0 Å². The SMILES string of the molecule is CP(C)(=O)OC[C@@H]1CCC(OP(C)(=O)OP(C)(C)=O)O1.CP(C)(=O)OC[C@@H]1CCC(OP(C)(C)=O)O1.O=P(O)(O)OP(=O)(O)OC1CC[C@@H](COP(=O)(OCc2ccccc2)OCc2ccccc2)O1. The molecule has 2 aromatic carbocycles. The Morgan fingerprint density at radius 3 is 1.17 bits per heavy atom. The fourth-order valence-electron chi connectivity index (χ4n) is 6.06. The molecule has 3 aliphatic heterocycles. The Morgan fingerprint density at radius 1 is 0.443 bits per heavy atom. The van der Waals surface area contributed by atoms with E-state index in [1.807, 2.05) is 12.1 Å². The van der Waals surface area contributed by atoms with Crippen LogP contribution in [0.2, 0.25) is 0 Å². The Hall–Kier alpha value is -0.360. The zero-order chi connectivity index (χ0) is 52.7. The van der Waals surface area contributed by atoms with E-state index in [9.17, 15) is 41.4 Å². The largest absolute Gasteiger partial charge is 0.483 e. The van der Waals surface area contributed by atoms with Crippen molar-refractivity contribution >= 4 is 60.5 Å². The van der Waals surface area contributed by atoms with E-state index in [4.69, 9.17) is 60.0 Å². The lowest BCUT2D eigenvalue weighted by molar-refractivity contribution is -0.0954. The minimum Gasteiger partial charge on any atom is -0.347 e. The van der Waals surface area contributed by atoms with Crippen molar-refractivity contribution in [1.82, 2.24) is 0 Å². The average Bonchev–Trinajstić information content (AvgIpc) is 3.97. The highest BCUT2D eigenvalue weighted by Gasteiger charge is 2.40. The summed E-state index contributed by atoms with van der Waals surface area (Å²) in [6.07, 6.45) is -0.399. The van der Waals surface area contributed by atoms with Gasteiger partial charge in [0.25, 0.3) is 0 Å². The zero-order valence-corrected chi connectivity index (χ0v) is 47.7. The van der Waals surface area contributed by atoms with Crippen LogP contribution >= 0.6 is 60.5 Å². The van der Waals surface area contributed by atoms with Crippen LogP contribution in [0.25, 0.3) is 0 Å². The van der Waals surface area contributed by atoms with E-state index in [0.717, 1.165) is 17.5 Å². The van der Waals surface area contributed by atoms with Crippen molar-refractivity contribution < 1.29 is 110 Å². The van der Waals surface area contributed by atoms with Crippen LogP contribution < -0.4 is 0 Å². The Balaban J connectivity index is 0.000000305. The predicted octanol–water partition coefficient (Wildman–Crippen LogP) is 10.3. The van der Waals surface area contributed by atoms with Gasteiger partial charge in [0.1, 0.15) is 0 Å². The molecule has 3 aliphatic rings. The van der Waals surface area contributed by atoms with Gasteiger partial charge in [-0.15, -0.1) is 0 Å². The lowest BCUT2D eigenvalue weighted by Gasteiger charge is -2.21. The van der Waals surface area contributed by atoms with Crippen molar-refractivity contribution in [3.8, 4) is 0 Å². The minimum atomic E-state index is -5.25. The molecule has 3 N–H and O–H groups in total. The molecule has 0 bridgehead atoms. The maximum atomic E-state index is 13.2. The number of phosphoric acid groups is 3. The number of hydrogen-bond donors (Lipinski definition) is 3. The molecule has 0 radical (unpaired) electrons. The first-order valence-corrected chi connectivity index (χ1v) is 38.1. The molecule has 24 nitrogen and oxygen atoms in total. The molecule has 32 heteroatoms. The van der Waals surface area contributed by atoms with E-state index in [0.29, 0.717) is 25.9 Å². The highest BCUT2D eigenvalue weighted by molar-refractivity contribution is 7.68. The van der Waals surface area contributed by atoms with Gasteiger partial charge >= 0.3 is 31.1 Å². The molecule has 0 spiro atoms. The van der Waals surface area contributed by atoms with E-state index in [2.05, 4.69) is 8.83 Å². The molecule has 5 rings (SSSR count). The Labute approximate surface area is 409 Å². The fourth-order valence-corrected chi connectivity index (χ4v) is 14.3. The van der Waals surface area contributed by atoms with Gasteiger partial charge in [-0.25, -0.2) is 13.7 Å². The Bertz CT molecular complexity index is 2250. The Morgan fingerprint density at radius 2 is 0.814 bits per heavy atom. The third-order valence-electron chi connectivity index (χ3n) is 8.72. The molecule has 404 valence electrons. The molecule has 0 amide bonds. The number of phosphoric ester groups is 2. The zero-order valence-electron chi connectivity index (χ0n) is 40.5. The monoisotopic (exact) mass is 1160 g/mol. The number of benzene rings is 2. The van der Waals surface area contributed by atoms with Crippen LogP contribution in [-0.2, 0) is 109 Å². The van der Waals surface area contributed by atoms with E-state index in [-0.39, 0.29) is 51.5 Å². The molecule has 0 aliphatic carbocycles. The van der Waals surface area contributed by atoms with Gasteiger partial charge < -0.3 is 37.9 Å². The van der Waals surface area contributed by atoms with Crippen molar-refractivity contribution in [2.24, 2.45) is 0 Å². The summed E-state index contributed by atoms with van der Waals surface area (Å²) in [6, 6.07) is 18.0. The first kappa shape index (κ1) is 63.9. The third kappa shape index (κ3) is 30.3. The van der Waals surface area contributed by atoms with Gasteiger partial charge in [-0.2, -0.15) is 4.31 Å². The van der Waals surface area contributed by atoms with E-state index >= 15 is 0 Å². The first-order valence-electron chi connectivity index (χ1n) is 21.5. The standard InChI is InChI=1S/C19H25O12P3.C10H23O7P3.C9H20O5P2/c20-32(21,22)31-33(23,24)30-19-12-11-18(29-19)15-28-34(25,26-13-16-7-3-1-4-8-16)27-14-17-9-5-2-6-10-17;1-18(2,11)14-8-9-6-7-10(15-9)16-20(5,13)17-19(3,4)12;1-15(2,10)12-7-8-5-6-9(13-8)14-16(3,4)11/h1-10,18-19H,11-15H2,(H,23,24)(H2,20,21,22);9-10H,6-8H2,1-5H3;8-9H,5-7H2,1-4H3/t18-,19?;9-,10?,20?;8-,9?/m000/s1. The molecule has 5 unspecified atom stereocenters. The molecule has 8 atom stereocenters. The maximum Gasteiger partial charge on any atom is 0.483 e. The summed E-state index contributed by atoms with van der Waals surface area (Å²) in [5.74, 6) is 0. The third-order valence-corrected chi connectivity index (χ3v) is 17.9. The van der Waals surface area contributed by atoms with Gasteiger partial charge in [0, 0.05) is 79.2 Å². The van der Waals surface area contributed by atoms with Crippen molar-refractivity contribution in [3.05, 3.63) is 71.8 Å². The van der Waals surface area contributed by atoms with Gasteiger partial charge in [0.2, 0.25) is 7.37 Å². The van der Waals surface area contributed by atoms with Crippen molar-refractivity contribution in [2.45, 2.75) is 88.9 Å². The highest BCUT2D eigenvalue weighted by atomic mass is 31.3. The topological polar surface area (TPSA) is 317 Å². The van der Waals surface area contributed by atoms with Crippen molar-refractivity contribution in [1.29, 1.82) is 0 Å².